The van der Waals surface area contributed by atoms with Crippen molar-refractivity contribution in [3.63, 3.8) is 0 Å². The molecule has 1 amide bonds. The number of carbonyl (C=O) groups excluding carboxylic acids is 1. The third-order valence-corrected chi connectivity index (χ3v) is 6.41. The molecule has 3 aromatic carbocycles. The van der Waals surface area contributed by atoms with Crippen LogP contribution in [-0.4, -0.2) is 41.8 Å². The van der Waals surface area contributed by atoms with E-state index < -0.39 is 0 Å². The highest BCUT2D eigenvalue weighted by atomic mass is 16.5. The zero-order chi connectivity index (χ0) is 24.4. The van der Waals surface area contributed by atoms with Crippen molar-refractivity contribution in [2.75, 3.05) is 20.8 Å². The SMILES string of the molecule is COc1ccc(OC)c(C2CCCN2C(=O)c2ccc(-c3nnc(-c4ccc(C)cc4)o3)cc2)c1. The van der Waals surface area contributed by atoms with E-state index in [0.717, 1.165) is 41.0 Å². The van der Waals surface area contributed by atoms with Crippen LogP contribution < -0.4 is 9.47 Å². The Bertz CT molecular complexity index is 1330. The van der Waals surface area contributed by atoms with Crippen LogP contribution in [0.4, 0.5) is 0 Å². The average Bonchev–Trinajstić information content (AvgIpc) is 3.59. The van der Waals surface area contributed by atoms with Gasteiger partial charge in [-0.05, 0) is 74.4 Å². The molecule has 1 saturated heterocycles. The lowest BCUT2D eigenvalue weighted by atomic mass is 10.0. The molecule has 0 bridgehead atoms. The molecule has 1 aromatic heterocycles. The zero-order valence-electron chi connectivity index (χ0n) is 20.0. The molecule has 1 aliphatic heterocycles. The second-order valence-electron chi connectivity index (χ2n) is 8.62. The van der Waals surface area contributed by atoms with E-state index in [1.165, 1.54) is 5.56 Å². The van der Waals surface area contributed by atoms with Crippen LogP contribution in [0.15, 0.2) is 71.1 Å². The van der Waals surface area contributed by atoms with Gasteiger partial charge in [-0.2, -0.15) is 0 Å². The summed E-state index contributed by atoms with van der Waals surface area (Å²) in [6, 6.07) is 20.9. The number of ether oxygens (including phenoxy) is 2. The first-order valence-corrected chi connectivity index (χ1v) is 11.6. The molecule has 1 fully saturated rings. The van der Waals surface area contributed by atoms with Gasteiger partial charge in [-0.1, -0.05) is 17.7 Å². The number of hydrogen-bond acceptors (Lipinski definition) is 6. The first kappa shape index (κ1) is 22.7. The molecule has 178 valence electrons. The van der Waals surface area contributed by atoms with Crippen molar-refractivity contribution in [3.8, 4) is 34.4 Å². The highest BCUT2D eigenvalue weighted by molar-refractivity contribution is 5.95. The molecular formula is C28H27N3O4. The van der Waals surface area contributed by atoms with Gasteiger partial charge >= 0.3 is 0 Å². The molecule has 5 rings (SSSR count). The summed E-state index contributed by atoms with van der Waals surface area (Å²) in [6.45, 7) is 2.72. The normalized spacial score (nSPS) is 15.3. The lowest BCUT2D eigenvalue weighted by Crippen LogP contribution is -2.30. The quantitative estimate of drug-likeness (QED) is 0.360. The molecule has 1 unspecified atom stereocenters. The molecule has 7 heteroatoms. The smallest absolute Gasteiger partial charge is 0.254 e. The van der Waals surface area contributed by atoms with Gasteiger partial charge in [0.15, 0.2) is 0 Å². The summed E-state index contributed by atoms with van der Waals surface area (Å²) in [4.78, 5) is 15.4. The van der Waals surface area contributed by atoms with Gasteiger partial charge in [0, 0.05) is 28.8 Å². The summed E-state index contributed by atoms with van der Waals surface area (Å²) in [5.41, 5.74) is 4.37. The average molecular weight is 470 g/mol. The topological polar surface area (TPSA) is 77.7 Å². The number of benzene rings is 3. The maximum atomic E-state index is 13.5. The van der Waals surface area contributed by atoms with E-state index >= 15 is 0 Å². The van der Waals surface area contributed by atoms with Gasteiger partial charge in [0.2, 0.25) is 11.8 Å². The maximum absolute atomic E-state index is 13.5. The van der Waals surface area contributed by atoms with Crippen molar-refractivity contribution in [1.29, 1.82) is 0 Å². The fraction of sp³-hybridized carbons (Fsp3) is 0.250. The molecular weight excluding hydrogens is 442 g/mol. The molecule has 4 aromatic rings. The number of aromatic nitrogens is 2. The third kappa shape index (κ3) is 4.49. The Morgan fingerprint density at radius 2 is 1.57 bits per heavy atom. The number of aryl methyl sites for hydroxylation is 1. The van der Waals surface area contributed by atoms with Crippen LogP contribution in [-0.2, 0) is 0 Å². The number of nitrogens with zero attached hydrogens (tertiary/aromatic N) is 3. The molecule has 2 heterocycles. The van der Waals surface area contributed by atoms with Crippen molar-refractivity contribution in [3.05, 3.63) is 83.4 Å². The summed E-state index contributed by atoms with van der Waals surface area (Å²) in [5.74, 6) is 2.36. The van der Waals surface area contributed by atoms with Crippen LogP contribution in [0.1, 0.15) is 40.4 Å². The van der Waals surface area contributed by atoms with Gasteiger partial charge in [-0.3, -0.25) is 4.79 Å². The molecule has 1 atom stereocenters. The summed E-state index contributed by atoms with van der Waals surface area (Å²) in [5, 5.41) is 8.36. The summed E-state index contributed by atoms with van der Waals surface area (Å²) >= 11 is 0. The molecule has 0 radical (unpaired) electrons. The lowest BCUT2D eigenvalue weighted by molar-refractivity contribution is 0.0734. The van der Waals surface area contributed by atoms with Crippen molar-refractivity contribution >= 4 is 5.91 Å². The van der Waals surface area contributed by atoms with Crippen LogP contribution in [0.2, 0.25) is 0 Å². The largest absolute Gasteiger partial charge is 0.497 e. The maximum Gasteiger partial charge on any atom is 0.254 e. The van der Waals surface area contributed by atoms with E-state index in [9.17, 15) is 4.79 Å². The van der Waals surface area contributed by atoms with Crippen LogP contribution in [0, 0.1) is 6.92 Å². The van der Waals surface area contributed by atoms with Gasteiger partial charge in [0.1, 0.15) is 11.5 Å². The highest BCUT2D eigenvalue weighted by Crippen LogP contribution is 2.39. The van der Waals surface area contributed by atoms with Crippen LogP contribution in [0.5, 0.6) is 11.5 Å². The van der Waals surface area contributed by atoms with Crippen molar-refractivity contribution in [2.24, 2.45) is 0 Å². The predicted octanol–water partition coefficient (Wildman–Crippen LogP) is 5.71. The van der Waals surface area contributed by atoms with E-state index in [1.807, 2.05) is 78.6 Å². The van der Waals surface area contributed by atoms with Gasteiger partial charge in [0.05, 0.1) is 20.3 Å². The van der Waals surface area contributed by atoms with Crippen molar-refractivity contribution in [1.82, 2.24) is 15.1 Å². The van der Waals surface area contributed by atoms with E-state index in [4.69, 9.17) is 13.9 Å². The fourth-order valence-electron chi connectivity index (χ4n) is 4.51. The molecule has 0 N–H and O–H groups in total. The minimum atomic E-state index is -0.0692. The van der Waals surface area contributed by atoms with E-state index in [0.29, 0.717) is 23.9 Å². The first-order valence-electron chi connectivity index (χ1n) is 11.6. The second-order valence-corrected chi connectivity index (χ2v) is 8.62. The van der Waals surface area contributed by atoms with Crippen LogP contribution in [0.3, 0.4) is 0 Å². The van der Waals surface area contributed by atoms with Crippen LogP contribution in [0.25, 0.3) is 22.9 Å². The third-order valence-electron chi connectivity index (χ3n) is 6.41. The van der Waals surface area contributed by atoms with Crippen LogP contribution >= 0.6 is 0 Å². The molecule has 1 aliphatic rings. The minimum Gasteiger partial charge on any atom is -0.497 e. The van der Waals surface area contributed by atoms with Crippen molar-refractivity contribution < 1.29 is 18.7 Å². The molecule has 7 nitrogen and oxygen atoms in total. The summed E-state index contributed by atoms with van der Waals surface area (Å²) in [6.07, 6.45) is 1.80. The first-order chi connectivity index (χ1) is 17.1. The Labute approximate surface area is 204 Å². The predicted molar refractivity (Wildman–Crippen MR) is 132 cm³/mol. The Kier molecular flexibility index (Phi) is 6.23. The number of hydrogen-bond donors (Lipinski definition) is 0. The molecule has 0 spiro atoms. The number of amides is 1. The molecule has 0 aliphatic carbocycles. The van der Waals surface area contributed by atoms with Gasteiger partial charge in [0.25, 0.3) is 5.91 Å². The standard InChI is InChI=1S/C28H27N3O4/c1-18-6-8-19(9-7-18)26-29-30-27(35-26)20-10-12-21(13-11-20)28(32)31-16-4-5-24(31)23-17-22(33-2)14-15-25(23)34-3/h6-15,17,24H,4-5,16H2,1-3H3. The van der Waals surface area contributed by atoms with Gasteiger partial charge in [-0.25, -0.2) is 0 Å². The number of rotatable bonds is 6. The second kappa shape index (κ2) is 9.62. The highest BCUT2D eigenvalue weighted by Gasteiger charge is 2.32. The van der Waals surface area contributed by atoms with Gasteiger partial charge < -0.3 is 18.8 Å². The monoisotopic (exact) mass is 469 g/mol. The number of methoxy groups -OCH3 is 2. The Balaban J connectivity index is 1.36. The van der Waals surface area contributed by atoms with E-state index in [1.54, 1.807) is 14.2 Å². The van der Waals surface area contributed by atoms with E-state index in [-0.39, 0.29) is 11.9 Å². The molecule has 0 saturated carbocycles. The Hall–Kier alpha value is -4.13. The Morgan fingerprint density at radius 3 is 2.20 bits per heavy atom. The summed E-state index contributed by atoms with van der Waals surface area (Å²) in [7, 11) is 3.28. The zero-order valence-corrected chi connectivity index (χ0v) is 20.0. The number of likely N-dealkylation sites (tertiary alicyclic amines) is 1. The minimum absolute atomic E-state index is 0.0187. The molecule has 35 heavy (non-hydrogen) atoms. The van der Waals surface area contributed by atoms with E-state index in [2.05, 4.69) is 10.2 Å². The fourth-order valence-corrected chi connectivity index (χ4v) is 4.51. The van der Waals surface area contributed by atoms with Gasteiger partial charge in [-0.15, -0.1) is 10.2 Å². The Morgan fingerprint density at radius 1 is 0.914 bits per heavy atom. The number of carbonyl (C=O) groups is 1. The summed E-state index contributed by atoms with van der Waals surface area (Å²) < 4.78 is 16.9. The lowest BCUT2D eigenvalue weighted by Gasteiger charge is -2.27. The van der Waals surface area contributed by atoms with Crippen molar-refractivity contribution in [2.45, 2.75) is 25.8 Å².